The van der Waals surface area contributed by atoms with Crippen LogP contribution in [0.25, 0.3) is 0 Å². The largest absolute Gasteiger partial charge is 0.504 e. The average molecular weight is 300 g/mol. The first-order chi connectivity index (χ1) is 8.05. The predicted octanol–water partition coefficient (Wildman–Crippen LogP) is 2.85. The standard InChI is InChI=1S/C13H18BrNO2/c1-8-6-9(16)12(17-2)11(14)10(8)13(7-15)4-3-5-13/h6,16H,3-5,7,15H2,1-2H3. The summed E-state index contributed by atoms with van der Waals surface area (Å²) in [6.07, 6.45) is 3.43. The highest BCUT2D eigenvalue weighted by Gasteiger charge is 2.40. The van der Waals surface area contributed by atoms with Crippen molar-refractivity contribution in [2.75, 3.05) is 13.7 Å². The summed E-state index contributed by atoms with van der Waals surface area (Å²) in [7, 11) is 1.56. The predicted molar refractivity (Wildman–Crippen MR) is 71.7 cm³/mol. The van der Waals surface area contributed by atoms with E-state index in [1.54, 1.807) is 13.2 Å². The van der Waals surface area contributed by atoms with Gasteiger partial charge < -0.3 is 15.6 Å². The number of rotatable bonds is 3. The SMILES string of the molecule is COc1c(O)cc(C)c(C2(CN)CCC2)c1Br. The number of benzene rings is 1. The first-order valence-electron chi connectivity index (χ1n) is 5.82. The van der Waals surface area contributed by atoms with Crippen molar-refractivity contribution in [3.63, 3.8) is 0 Å². The summed E-state index contributed by atoms with van der Waals surface area (Å²) >= 11 is 3.55. The minimum absolute atomic E-state index is 0.0594. The van der Waals surface area contributed by atoms with Crippen molar-refractivity contribution in [2.24, 2.45) is 5.73 Å². The van der Waals surface area contributed by atoms with E-state index in [9.17, 15) is 5.11 Å². The number of hydrogen-bond acceptors (Lipinski definition) is 3. The van der Waals surface area contributed by atoms with Crippen LogP contribution in [-0.2, 0) is 5.41 Å². The molecule has 1 fully saturated rings. The Hall–Kier alpha value is -0.740. The van der Waals surface area contributed by atoms with E-state index in [-0.39, 0.29) is 11.2 Å². The molecule has 17 heavy (non-hydrogen) atoms. The normalized spacial score (nSPS) is 17.6. The van der Waals surface area contributed by atoms with E-state index in [1.165, 1.54) is 12.0 Å². The van der Waals surface area contributed by atoms with Crippen molar-refractivity contribution in [2.45, 2.75) is 31.6 Å². The second-order valence-corrected chi connectivity index (χ2v) is 5.57. The van der Waals surface area contributed by atoms with Crippen LogP contribution in [0.3, 0.4) is 0 Å². The molecule has 0 saturated heterocycles. The number of ether oxygens (including phenoxy) is 1. The van der Waals surface area contributed by atoms with E-state index in [0.29, 0.717) is 12.3 Å². The zero-order valence-electron chi connectivity index (χ0n) is 10.2. The van der Waals surface area contributed by atoms with Crippen molar-refractivity contribution in [1.82, 2.24) is 0 Å². The highest BCUT2D eigenvalue weighted by molar-refractivity contribution is 9.10. The van der Waals surface area contributed by atoms with Crippen molar-refractivity contribution in [3.05, 3.63) is 21.7 Å². The summed E-state index contributed by atoms with van der Waals surface area (Å²) in [5.41, 5.74) is 8.27. The third-order valence-corrected chi connectivity index (χ3v) is 4.59. The molecule has 4 heteroatoms. The highest BCUT2D eigenvalue weighted by Crippen LogP contribution is 2.51. The lowest BCUT2D eigenvalue weighted by molar-refractivity contribution is 0.249. The Morgan fingerprint density at radius 2 is 2.18 bits per heavy atom. The molecule has 2 rings (SSSR count). The van der Waals surface area contributed by atoms with Gasteiger partial charge in [-0.15, -0.1) is 0 Å². The molecule has 0 aliphatic heterocycles. The summed E-state index contributed by atoms with van der Waals surface area (Å²) in [4.78, 5) is 0. The molecule has 94 valence electrons. The molecule has 0 amide bonds. The first kappa shape index (κ1) is 12.7. The number of halogens is 1. The molecule has 0 bridgehead atoms. The van der Waals surface area contributed by atoms with E-state index >= 15 is 0 Å². The van der Waals surface area contributed by atoms with Gasteiger partial charge in [0.25, 0.3) is 0 Å². The van der Waals surface area contributed by atoms with E-state index in [4.69, 9.17) is 10.5 Å². The fraction of sp³-hybridized carbons (Fsp3) is 0.538. The molecule has 0 spiro atoms. The third-order valence-electron chi connectivity index (χ3n) is 3.83. The molecule has 1 aromatic carbocycles. The number of hydrogen-bond donors (Lipinski definition) is 2. The van der Waals surface area contributed by atoms with Gasteiger partial charge >= 0.3 is 0 Å². The number of phenolic OH excluding ortho intramolecular Hbond substituents is 1. The number of aromatic hydroxyl groups is 1. The van der Waals surface area contributed by atoms with E-state index in [0.717, 1.165) is 22.9 Å². The molecule has 0 unspecified atom stereocenters. The van der Waals surface area contributed by atoms with E-state index in [2.05, 4.69) is 15.9 Å². The molecule has 0 atom stereocenters. The Bertz CT molecular complexity index is 436. The van der Waals surface area contributed by atoms with Crippen LogP contribution < -0.4 is 10.5 Å². The van der Waals surface area contributed by atoms with Gasteiger partial charge in [-0.2, -0.15) is 0 Å². The Labute approximate surface area is 110 Å². The van der Waals surface area contributed by atoms with Gasteiger partial charge in [0.05, 0.1) is 11.6 Å². The lowest BCUT2D eigenvalue weighted by Crippen LogP contribution is -2.42. The quantitative estimate of drug-likeness (QED) is 0.902. The summed E-state index contributed by atoms with van der Waals surface area (Å²) in [5, 5.41) is 9.84. The number of aryl methyl sites for hydroxylation is 1. The van der Waals surface area contributed by atoms with Crippen molar-refractivity contribution >= 4 is 15.9 Å². The number of nitrogens with two attached hydrogens (primary N) is 1. The summed E-state index contributed by atoms with van der Waals surface area (Å²) in [5.74, 6) is 0.678. The van der Waals surface area contributed by atoms with Crippen LogP contribution >= 0.6 is 15.9 Å². The zero-order valence-corrected chi connectivity index (χ0v) is 11.8. The minimum atomic E-state index is 0.0594. The molecule has 1 aliphatic carbocycles. The lowest BCUT2D eigenvalue weighted by Gasteiger charge is -2.43. The summed E-state index contributed by atoms with van der Waals surface area (Å²) < 4.78 is 6.09. The first-order valence-corrected chi connectivity index (χ1v) is 6.61. The van der Waals surface area contributed by atoms with E-state index in [1.807, 2.05) is 6.92 Å². The molecule has 1 saturated carbocycles. The van der Waals surface area contributed by atoms with Gasteiger partial charge in [-0.3, -0.25) is 0 Å². The topological polar surface area (TPSA) is 55.5 Å². The fourth-order valence-electron chi connectivity index (χ4n) is 2.75. The maximum Gasteiger partial charge on any atom is 0.174 e. The van der Waals surface area contributed by atoms with Gasteiger partial charge in [0.1, 0.15) is 0 Å². The van der Waals surface area contributed by atoms with Gasteiger partial charge in [-0.25, -0.2) is 0 Å². The van der Waals surface area contributed by atoms with Gasteiger partial charge in [-0.1, -0.05) is 6.42 Å². The Morgan fingerprint density at radius 3 is 2.59 bits per heavy atom. The molecule has 0 radical (unpaired) electrons. The molecule has 0 aromatic heterocycles. The lowest BCUT2D eigenvalue weighted by atomic mass is 9.63. The van der Waals surface area contributed by atoms with Crippen LogP contribution in [0, 0.1) is 6.92 Å². The summed E-state index contributed by atoms with van der Waals surface area (Å²) in [6, 6.07) is 1.76. The monoisotopic (exact) mass is 299 g/mol. The minimum Gasteiger partial charge on any atom is -0.504 e. The molecule has 1 aliphatic rings. The van der Waals surface area contributed by atoms with Crippen LogP contribution in [0.1, 0.15) is 30.4 Å². The van der Waals surface area contributed by atoms with Crippen LogP contribution in [0.4, 0.5) is 0 Å². The van der Waals surface area contributed by atoms with Crippen LogP contribution in [0.5, 0.6) is 11.5 Å². The summed E-state index contributed by atoms with van der Waals surface area (Å²) in [6.45, 7) is 2.65. The van der Waals surface area contributed by atoms with Crippen molar-refractivity contribution in [1.29, 1.82) is 0 Å². The molecular weight excluding hydrogens is 282 g/mol. The second kappa shape index (κ2) is 4.50. The number of methoxy groups -OCH3 is 1. The van der Waals surface area contributed by atoms with Crippen LogP contribution in [0.15, 0.2) is 10.5 Å². The van der Waals surface area contributed by atoms with Crippen molar-refractivity contribution in [3.8, 4) is 11.5 Å². The molecule has 1 aromatic rings. The smallest absolute Gasteiger partial charge is 0.174 e. The van der Waals surface area contributed by atoms with Crippen molar-refractivity contribution < 1.29 is 9.84 Å². The Balaban J connectivity index is 2.61. The van der Waals surface area contributed by atoms with Gasteiger partial charge in [0.15, 0.2) is 11.5 Å². The van der Waals surface area contributed by atoms with Gasteiger partial charge in [0, 0.05) is 12.0 Å². The third kappa shape index (κ3) is 1.83. The van der Waals surface area contributed by atoms with Gasteiger partial charge in [0.2, 0.25) is 0 Å². The molecule has 0 heterocycles. The number of phenols is 1. The van der Waals surface area contributed by atoms with Crippen LogP contribution in [-0.4, -0.2) is 18.8 Å². The molecular formula is C13H18BrNO2. The van der Waals surface area contributed by atoms with Crippen LogP contribution in [0.2, 0.25) is 0 Å². The molecule has 3 nitrogen and oxygen atoms in total. The maximum atomic E-state index is 9.84. The second-order valence-electron chi connectivity index (χ2n) is 4.77. The average Bonchev–Trinajstić information content (AvgIpc) is 2.21. The Kier molecular flexibility index (Phi) is 3.36. The van der Waals surface area contributed by atoms with E-state index < -0.39 is 0 Å². The maximum absolute atomic E-state index is 9.84. The van der Waals surface area contributed by atoms with Gasteiger partial charge in [-0.05, 0) is 52.9 Å². The Morgan fingerprint density at radius 1 is 1.53 bits per heavy atom. The fourth-order valence-corrected chi connectivity index (χ4v) is 3.85. The highest BCUT2D eigenvalue weighted by atomic mass is 79.9. The molecule has 3 N–H and O–H groups in total. The zero-order chi connectivity index (χ0) is 12.6.